The fourth-order valence-electron chi connectivity index (χ4n) is 1.92. The Hall–Kier alpha value is -1.75. The molecule has 0 atom stereocenters. The minimum atomic E-state index is -0.164. The van der Waals surface area contributed by atoms with Gasteiger partial charge in [-0.2, -0.15) is 0 Å². The second kappa shape index (κ2) is 8.52. The van der Waals surface area contributed by atoms with E-state index in [9.17, 15) is 4.79 Å². The Balaban J connectivity index is 2.22. The number of likely N-dealkylation sites (N-methyl/N-ethyl adjacent to an activating group) is 1. The van der Waals surface area contributed by atoms with E-state index in [4.69, 9.17) is 5.11 Å². The highest BCUT2D eigenvalue weighted by Gasteiger charge is 2.17. The number of urea groups is 1. The van der Waals surface area contributed by atoms with Crippen molar-refractivity contribution in [2.24, 2.45) is 5.41 Å². The first kappa shape index (κ1) is 17.3. The number of carbonyl (C=O) groups excluding carboxylic acids is 1. The van der Waals surface area contributed by atoms with Crippen LogP contribution in [0.4, 0.5) is 10.5 Å². The number of carbonyl (C=O) groups is 1. The smallest absolute Gasteiger partial charge is 0.314 e. The predicted octanol–water partition coefficient (Wildman–Crippen LogP) is 1.83. The van der Waals surface area contributed by atoms with Crippen molar-refractivity contribution in [2.75, 3.05) is 38.2 Å². The van der Waals surface area contributed by atoms with E-state index in [0.717, 1.165) is 12.2 Å². The molecule has 5 heteroatoms. The summed E-state index contributed by atoms with van der Waals surface area (Å²) in [5, 5.41) is 14.6. The fourth-order valence-corrected chi connectivity index (χ4v) is 1.92. The Bertz CT molecular complexity index is 421. The van der Waals surface area contributed by atoms with Gasteiger partial charge in [-0.1, -0.05) is 32.0 Å². The van der Waals surface area contributed by atoms with Crippen molar-refractivity contribution in [1.29, 1.82) is 0 Å². The average molecular weight is 293 g/mol. The van der Waals surface area contributed by atoms with Crippen LogP contribution in [0.15, 0.2) is 30.3 Å². The highest BCUT2D eigenvalue weighted by Crippen LogP contribution is 2.17. The molecule has 0 fully saturated rings. The molecule has 0 unspecified atom stereocenters. The summed E-state index contributed by atoms with van der Waals surface area (Å²) in [6, 6.07) is 9.89. The first-order chi connectivity index (χ1) is 9.94. The van der Waals surface area contributed by atoms with Gasteiger partial charge in [0.25, 0.3) is 0 Å². The van der Waals surface area contributed by atoms with Crippen molar-refractivity contribution in [2.45, 2.75) is 20.3 Å². The Morgan fingerprint density at radius 2 is 1.90 bits per heavy atom. The van der Waals surface area contributed by atoms with E-state index in [-0.39, 0.29) is 18.1 Å². The van der Waals surface area contributed by atoms with Crippen molar-refractivity contribution in [3.63, 3.8) is 0 Å². The molecule has 5 nitrogen and oxygen atoms in total. The highest BCUT2D eigenvalue weighted by atomic mass is 16.3. The normalized spacial score (nSPS) is 11.0. The lowest BCUT2D eigenvalue weighted by Gasteiger charge is -2.24. The number of aliphatic hydroxyl groups excluding tert-OH is 1. The standard InChI is InChI=1S/C16H27N3O2/c1-16(2,9-12-20)13-18-15(21)17-10-11-19(3)14-7-5-4-6-8-14/h4-8,20H,9-13H2,1-3H3,(H2,17,18,21). The summed E-state index contributed by atoms with van der Waals surface area (Å²) < 4.78 is 0. The molecule has 0 saturated heterocycles. The third-order valence-corrected chi connectivity index (χ3v) is 3.45. The molecule has 0 aromatic heterocycles. The topological polar surface area (TPSA) is 64.6 Å². The van der Waals surface area contributed by atoms with Crippen molar-refractivity contribution >= 4 is 11.7 Å². The minimum Gasteiger partial charge on any atom is -0.396 e. The summed E-state index contributed by atoms with van der Waals surface area (Å²) in [7, 11) is 2.00. The van der Waals surface area contributed by atoms with E-state index in [0.29, 0.717) is 19.5 Å². The first-order valence-corrected chi connectivity index (χ1v) is 7.33. The molecule has 0 aliphatic carbocycles. The monoisotopic (exact) mass is 293 g/mol. The van der Waals surface area contributed by atoms with Crippen LogP contribution in [0.25, 0.3) is 0 Å². The Kier molecular flexibility index (Phi) is 7.02. The molecular weight excluding hydrogens is 266 g/mol. The van der Waals surface area contributed by atoms with E-state index in [1.165, 1.54) is 0 Å². The maximum absolute atomic E-state index is 11.7. The van der Waals surface area contributed by atoms with Crippen LogP contribution in [0.3, 0.4) is 0 Å². The SMILES string of the molecule is CN(CCNC(=O)NCC(C)(C)CCO)c1ccccc1. The predicted molar refractivity (Wildman–Crippen MR) is 86.6 cm³/mol. The number of benzene rings is 1. The van der Waals surface area contributed by atoms with E-state index in [1.807, 2.05) is 51.2 Å². The first-order valence-electron chi connectivity index (χ1n) is 7.33. The molecule has 21 heavy (non-hydrogen) atoms. The lowest BCUT2D eigenvalue weighted by molar-refractivity contribution is 0.201. The number of nitrogens with zero attached hydrogens (tertiary/aromatic N) is 1. The van der Waals surface area contributed by atoms with E-state index in [1.54, 1.807) is 0 Å². The molecule has 2 amide bonds. The third kappa shape index (κ3) is 6.99. The number of hydrogen-bond donors (Lipinski definition) is 3. The van der Waals surface area contributed by atoms with Gasteiger partial charge in [0.15, 0.2) is 0 Å². The molecule has 0 spiro atoms. The molecule has 0 bridgehead atoms. The molecule has 1 aromatic rings. The molecule has 0 saturated carbocycles. The maximum atomic E-state index is 11.7. The number of para-hydroxylation sites is 1. The summed E-state index contributed by atoms with van der Waals surface area (Å²) in [6.45, 7) is 6.06. The van der Waals surface area contributed by atoms with Crippen molar-refractivity contribution in [3.05, 3.63) is 30.3 Å². The van der Waals surface area contributed by atoms with Gasteiger partial charge in [0, 0.05) is 39.0 Å². The van der Waals surface area contributed by atoms with Gasteiger partial charge in [0.2, 0.25) is 0 Å². The van der Waals surface area contributed by atoms with Crippen LogP contribution >= 0.6 is 0 Å². The van der Waals surface area contributed by atoms with Gasteiger partial charge < -0.3 is 20.6 Å². The Labute approximate surface area is 127 Å². The zero-order valence-corrected chi connectivity index (χ0v) is 13.2. The Morgan fingerprint density at radius 3 is 2.52 bits per heavy atom. The lowest BCUT2D eigenvalue weighted by atomic mass is 9.90. The van der Waals surface area contributed by atoms with Gasteiger partial charge in [-0.05, 0) is 24.0 Å². The van der Waals surface area contributed by atoms with Crippen LogP contribution in [0, 0.1) is 5.41 Å². The van der Waals surface area contributed by atoms with Crippen LogP contribution in [-0.4, -0.2) is 44.4 Å². The molecule has 3 N–H and O–H groups in total. The highest BCUT2D eigenvalue weighted by molar-refractivity contribution is 5.73. The average Bonchev–Trinajstić information content (AvgIpc) is 2.46. The van der Waals surface area contributed by atoms with Crippen LogP contribution in [-0.2, 0) is 0 Å². The van der Waals surface area contributed by atoms with Crippen LogP contribution in [0.2, 0.25) is 0 Å². The zero-order valence-electron chi connectivity index (χ0n) is 13.2. The van der Waals surface area contributed by atoms with Gasteiger partial charge in [-0.25, -0.2) is 4.79 Å². The zero-order chi connectivity index (χ0) is 15.7. The largest absolute Gasteiger partial charge is 0.396 e. The fraction of sp³-hybridized carbons (Fsp3) is 0.562. The summed E-state index contributed by atoms with van der Waals surface area (Å²) >= 11 is 0. The van der Waals surface area contributed by atoms with Gasteiger partial charge >= 0.3 is 6.03 Å². The molecule has 0 radical (unpaired) electrons. The van der Waals surface area contributed by atoms with Crippen molar-refractivity contribution < 1.29 is 9.90 Å². The number of anilines is 1. The van der Waals surface area contributed by atoms with E-state index < -0.39 is 0 Å². The number of hydrogen-bond acceptors (Lipinski definition) is 3. The second-order valence-electron chi connectivity index (χ2n) is 6.00. The van der Waals surface area contributed by atoms with Gasteiger partial charge in [-0.15, -0.1) is 0 Å². The summed E-state index contributed by atoms with van der Waals surface area (Å²) in [4.78, 5) is 13.8. The number of amides is 2. The van der Waals surface area contributed by atoms with Gasteiger partial charge in [0.1, 0.15) is 0 Å². The molecular formula is C16H27N3O2. The number of aliphatic hydroxyl groups is 1. The van der Waals surface area contributed by atoms with E-state index in [2.05, 4.69) is 15.5 Å². The van der Waals surface area contributed by atoms with Crippen molar-refractivity contribution in [3.8, 4) is 0 Å². The van der Waals surface area contributed by atoms with Gasteiger partial charge in [0.05, 0.1) is 0 Å². The number of nitrogens with one attached hydrogen (secondary N) is 2. The summed E-state index contributed by atoms with van der Waals surface area (Å²) in [5.74, 6) is 0. The third-order valence-electron chi connectivity index (χ3n) is 3.45. The lowest BCUT2D eigenvalue weighted by Crippen LogP contribution is -2.43. The van der Waals surface area contributed by atoms with Gasteiger partial charge in [-0.3, -0.25) is 0 Å². The second-order valence-corrected chi connectivity index (χ2v) is 6.00. The van der Waals surface area contributed by atoms with Crippen LogP contribution < -0.4 is 15.5 Å². The summed E-state index contributed by atoms with van der Waals surface area (Å²) in [6.07, 6.45) is 0.671. The van der Waals surface area contributed by atoms with Crippen LogP contribution in [0.5, 0.6) is 0 Å². The summed E-state index contributed by atoms with van der Waals surface area (Å²) in [5.41, 5.74) is 1.04. The van der Waals surface area contributed by atoms with Crippen LogP contribution in [0.1, 0.15) is 20.3 Å². The molecule has 0 aliphatic heterocycles. The molecule has 0 aliphatic rings. The molecule has 1 aromatic carbocycles. The quantitative estimate of drug-likeness (QED) is 0.685. The van der Waals surface area contributed by atoms with Crippen molar-refractivity contribution in [1.82, 2.24) is 10.6 Å². The molecule has 1 rings (SSSR count). The number of rotatable bonds is 8. The maximum Gasteiger partial charge on any atom is 0.314 e. The molecule has 0 heterocycles. The molecule has 118 valence electrons. The minimum absolute atomic E-state index is 0.0904. The van der Waals surface area contributed by atoms with E-state index >= 15 is 0 Å². The Morgan fingerprint density at radius 1 is 1.24 bits per heavy atom.